The standard InChI is InChI=1S/C19H14ClN5O3S2/c1-11(2)18-23-24-19(29-18)25-30(26,27)15-5-6-17(13(7-15)10-22)28-14-4-3-12(9-21)16(20)8-14/h3-8,11H,1-2H3,(H,24,25). The Bertz CT molecular complexity index is 1290. The fraction of sp³-hybridized carbons (Fsp3) is 0.158. The van der Waals surface area contributed by atoms with Crippen molar-refractivity contribution in [1.82, 2.24) is 10.2 Å². The predicted molar refractivity (Wildman–Crippen MR) is 112 cm³/mol. The molecule has 8 nitrogen and oxygen atoms in total. The van der Waals surface area contributed by atoms with E-state index in [1.807, 2.05) is 26.0 Å². The summed E-state index contributed by atoms with van der Waals surface area (Å²) in [6, 6.07) is 12.2. The van der Waals surface area contributed by atoms with Crippen LogP contribution in [0.3, 0.4) is 0 Å². The zero-order valence-electron chi connectivity index (χ0n) is 15.7. The van der Waals surface area contributed by atoms with Gasteiger partial charge in [-0.25, -0.2) is 8.42 Å². The highest BCUT2D eigenvalue weighted by atomic mass is 35.5. The average molecular weight is 460 g/mol. The van der Waals surface area contributed by atoms with Crippen molar-refractivity contribution in [2.75, 3.05) is 4.72 Å². The summed E-state index contributed by atoms with van der Waals surface area (Å²) in [5.41, 5.74) is 0.299. The fourth-order valence-corrected chi connectivity index (χ4v) is 4.53. The molecule has 1 heterocycles. The van der Waals surface area contributed by atoms with Gasteiger partial charge in [-0.3, -0.25) is 4.72 Å². The van der Waals surface area contributed by atoms with Crippen LogP contribution in [0.1, 0.15) is 35.9 Å². The fourth-order valence-electron chi connectivity index (χ4n) is 2.31. The molecule has 30 heavy (non-hydrogen) atoms. The summed E-state index contributed by atoms with van der Waals surface area (Å²) < 4.78 is 33.3. The Kier molecular flexibility index (Phi) is 6.22. The number of rotatable bonds is 6. The Labute approximate surface area is 182 Å². The first-order chi connectivity index (χ1) is 14.2. The average Bonchev–Trinajstić information content (AvgIpc) is 3.16. The van der Waals surface area contributed by atoms with Crippen LogP contribution in [0.15, 0.2) is 41.3 Å². The number of ether oxygens (including phenoxy) is 1. The number of nitriles is 2. The maximum absolute atomic E-state index is 12.7. The molecule has 0 radical (unpaired) electrons. The van der Waals surface area contributed by atoms with Crippen molar-refractivity contribution < 1.29 is 13.2 Å². The van der Waals surface area contributed by atoms with Crippen LogP contribution in [0.25, 0.3) is 0 Å². The van der Waals surface area contributed by atoms with Crippen molar-refractivity contribution >= 4 is 38.1 Å². The van der Waals surface area contributed by atoms with Crippen molar-refractivity contribution in [3.8, 4) is 23.6 Å². The monoisotopic (exact) mass is 459 g/mol. The highest BCUT2D eigenvalue weighted by molar-refractivity contribution is 7.93. The minimum absolute atomic E-state index is 0.0125. The maximum Gasteiger partial charge on any atom is 0.263 e. The quantitative estimate of drug-likeness (QED) is 0.567. The van der Waals surface area contributed by atoms with Crippen LogP contribution in [0.5, 0.6) is 11.5 Å². The van der Waals surface area contributed by atoms with E-state index >= 15 is 0 Å². The minimum atomic E-state index is -3.97. The molecule has 0 aliphatic rings. The first-order valence-electron chi connectivity index (χ1n) is 8.51. The summed E-state index contributed by atoms with van der Waals surface area (Å²) in [5, 5.41) is 27.2. The van der Waals surface area contributed by atoms with Gasteiger partial charge in [-0.05, 0) is 30.3 Å². The Morgan fingerprint density at radius 1 is 1.10 bits per heavy atom. The smallest absolute Gasteiger partial charge is 0.263 e. The van der Waals surface area contributed by atoms with Gasteiger partial charge in [0.15, 0.2) is 0 Å². The number of nitrogens with one attached hydrogen (secondary N) is 1. The van der Waals surface area contributed by atoms with Gasteiger partial charge in [-0.1, -0.05) is 36.8 Å². The Morgan fingerprint density at radius 2 is 1.83 bits per heavy atom. The molecule has 1 aromatic heterocycles. The highest BCUT2D eigenvalue weighted by Crippen LogP contribution is 2.31. The summed E-state index contributed by atoms with van der Waals surface area (Å²) >= 11 is 7.13. The van der Waals surface area contributed by atoms with E-state index in [1.54, 1.807) is 0 Å². The summed E-state index contributed by atoms with van der Waals surface area (Å²) in [7, 11) is -3.97. The van der Waals surface area contributed by atoms with Gasteiger partial charge in [0.25, 0.3) is 10.0 Å². The van der Waals surface area contributed by atoms with Crippen LogP contribution in [-0.2, 0) is 10.0 Å². The van der Waals surface area contributed by atoms with Crippen molar-refractivity contribution in [3.63, 3.8) is 0 Å². The number of anilines is 1. The maximum atomic E-state index is 12.7. The molecular weight excluding hydrogens is 446 g/mol. The van der Waals surface area contributed by atoms with Crippen molar-refractivity contribution in [3.05, 3.63) is 57.6 Å². The zero-order valence-corrected chi connectivity index (χ0v) is 18.1. The molecule has 11 heteroatoms. The molecule has 2 aromatic carbocycles. The third-order valence-corrected chi connectivity index (χ3v) is 6.74. The van der Waals surface area contributed by atoms with Gasteiger partial charge >= 0.3 is 0 Å². The molecule has 0 unspecified atom stereocenters. The van der Waals surface area contributed by atoms with Gasteiger partial charge < -0.3 is 4.74 Å². The van der Waals surface area contributed by atoms with Crippen LogP contribution < -0.4 is 9.46 Å². The van der Waals surface area contributed by atoms with E-state index in [9.17, 15) is 13.7 Å². The lowest BCUT2D eigenvalue weighted by atomic mass is 10.2. The molecule has 3 aromatic rings. The van der Waals surface area contributed by atoms with E-state index in [-0.39, 0.29) is 37.8 Å². The molecule has 0 aliphatic heterocycles. The third kappa shape index (κ3) is 4.69. The van der Waals surface area contributed by atoms with Crippen LogP contribution in [0, 0.1) is 22.7 Å². The molecule has 1 N–H and O–H groups in total. The molecule has 0 spiro atoms. The van der Waals surface area contributed by atoms with Crippen LogP contribution in [0.4, 0.5) is 5.13 Å². The molecule has 0 amide bonds. The number of aromatic nitrogens is 2. The van der Waals surface area contributed by atoms with Crippen LogP contribution >= 0.6 is 22.9 Å². The van der Waals surface area contributed by atoms with Crippen molar-refractivity contribution in [2.45, 2.75) is 24.7 Å². The molecule has 152 valence electrons. The molecule has 0 saturated heterocycles. The van der Waals surface area contributed by atoms with Crippen LogP contribution in [-0.4, -0.2) is 18.6 Å². The molecule has 0 fully saturated rings. The lowest BCUT2D eigenvalue weighted by Crippen LogP contribution is -2.13. The number of benzene rings is 2. The highest BCUT2D eigenvalue weighted by Gasteiger charge is 2.20. The number of nitrogens with zero attached hydrogens (tertiary/aromatic N) is 4. The Morgan fingerprint density at radius 3 is 2.43 bits per heavy atom. The molecule has 0 saturated carbocycles. The largest absolute Gasteiger partial charge is 0.456 e. The van der Waals surface area contributed by atoms with E-state index in [2.05, 4.69) is 14.9 Å². The number of halogens is 1. The van der Waals surface area contributed by atoms with E-state index < -0.39 is 10.0 Å². The first kappa shape index (κ1) is 21.5. The van der Waals surface area contributed by atoms with Crippen LogP contribution in [0.2, 0.25) is 5.02 Å². The summed E-state index contributed by atoms with van der Waals surface area (Å²) in [6.07, 6.45) is 0. The van der Waals surface area contributed by atoms with Gasteiger partial charge in [-0.2, -0.15) is 10.5 Å². The SMILES string of the molecule is CC(C)c1nnc(NS(=O)(=O)c2ccc(Oc3ccc(C#N)c(Cl)c3)c(C#N)c2)s1. The molecule has 0 atom stereocenters. The first-order valence-corrected chi connectivity index (χ1v) is 11.2. The van der Waals surface area contributed by atoms with Crippen molar-refractivity contribution in [1.29, 1.82) is 10.5 Å². The second-order valence-corrected chi connectivity index (χ2v) is 9.43. The summed E-state index contributed by atoms with van der Waals surface area (Å²) in [5.74, 6) is 0.577. The van der Waals surface area contributed by atoms with E-state index in [4.69, 9.17) is 21.6 Å². The molecule has 0 aliphatic carbocycles. The minimum Gasteiger partial charge on any atom is -0.456 e. The van der Waals surface area contributed by atoms with E-state index in [0.29, 0.717) is 10.8 Å². The number of hydrogen-bond acceptors (Lipinski definition) is 8. The lowest BCUT2D eigenvalue weighted by molar-refractivity contribution is 0.480. The molecule has 0 bridgehead atoms. The Balaban J connectivity index is 1.86. The molecular formula is C19H14ClN5O3S2. The van der Waals surface area contributed by atoms with Gasteiger partial charge in [0.2, 0.25) is 5.13 Å². The second-order valence-electron chi connectivity index (χ2n) is 6.33. The molecule has 3 rings (SSSR count). The summed E-state index contributed by atoms with van der Waals surface area (Å²) in [6.45, 7) is 3.86. The van der Waals surface area contributed by atoms with E-state index in [1.165, 1.54) is 36.4 Å². The zero-order chi connectivity index (χ0) is 21.9. The number of hydrogen-bond donors (Lipinski definition) is 1. The number of sulfonamides is 1. The topological polar surface area (TPSA) is 129 Å². The summed E-state index contributed by atoms with van der Waals surface area (Å²) in [4.78, 5) is -0.120. The van der Waals surface area contributed by atoms with Gasteiger partial charge in [0, 0.05) is 12.0 Å². The van der Waals surface area contributed by atoms with Gasteiger partial charge in [0.05, 0.1) is 21.0 Å². The van der Waals surface area contributed by atoms with Gasteiger partial charge in [0.1, 0.15) is 28.6 Å². The third-order valence-electron chi connectivity index (χ3n) is 3.83. The predicted octanol–water partition coefficient (Wildman–Crippen LogP) is 4.65. The van der Waals surface area contributed by atoms with Gasteiger partial charge in [-0.15, -0.1) is 10.2 Å². The Hall–Kier alpha value is -3.18. The second kappa shape index (κ2) is 8.67. The normalized spacial score (nSPS) is 11.0. The lowest BCUT2D eigenvalue weighted by Gasteiger charge is -2.10. The van der Waals surface area contributed by atoms with Crippen molar-refractivity contribution in [2.24, 2.45) is 0 Å². The van der Waals surface area contributed by atoms with E-state index in [0.717, 1.165) is 11.3 Å².